The van der Waals surface area contributed by atoms with E-state index in [1.165, 1.54) is 6.20 Å². The number of nitrogens with zero attached hydrogens (tertiary/aromatic N) is 2. The molecule has 7 heteroatoms. The number of nitrogens with two attached hydrogens (primary N) is 1. The lowest BCUT2D eigenvalue weighted by molar-refractivity contribution is 0.539. The molecule has 6 nitrogen and oxygen atoms in total. The van der Waals surface area contributed by atoms with Crippen molar-refractivity contribution in [1.29, 1.82) is 0 Å². The summed E-state index contributed by atoms with van der Waals surface area (Å²) in [5, 5.41) is 4.00. The molecule has 19 heavy (non-hydrogen) atoms. The van der Waals surface area contributed by atoms with Crippen molar-refractivity contribution >= 4 is 15.8 Å². The fourth-order valence-electron chi connectivity index (χ4n) is 1.76. The number of hydrogen-bond acceptors (Lipinski definition) is 4. The number of aryl methyl sites for hydroxylation is 1. The molecule has 0 saturated heterocycles. The van der Waals surface area contributed by atoms with Crippen LogP contribution in [-0.2, 0) is 16.6 Å². The molecule has 3 N–H and O–H groups in total. The molecular weight excluding hydrogens is 264 g/mol. The third-order valence-corrected chi connectivity index (χ3v) is 4.23. The Morgan fingerprint density at radius 3 is 2.74 bits per heavy atom. The van der Waals surface area contributed by atoms with Gasteiger partial charge in [0, 0.05) is 19.3 Å². The van der Waals surface area contributed by atoms with Crippen LogP contribution in [0.4, 0.5) is 5.82 Å². The summed E-state index contributed by atoms with van der Waals surface area (Å²) in [6.45, 7) is 7.31. The molecule has 0 bridgehead atoms. The molecular formula is C12H24N4O2S. The van der Waals surface area contributed by atoms with Gasteiger partial charge in [-0.3, -0.25) is 4.68 Å². The Morgan fingerprint density at radius 1 is 1.47 bits per heavy atom. The molecule has 0 radical (unpaired) electrons. The van der Waals surface area contributed by atoms with Crippen LogP contribution in [0.15, 0.2) is 11.1 Å². The molecule has 0 spiro atoms. The van der Waals surface area contributed by atoms with E-state index in [1.807, 2.05) is 6.92 Å². The van der Waals surface area contributed by atoms with Crippen LogP contribution in [-0.4, -0.2) is 24.7 Å². The van der Waals surface area contributed by atoms with Gasteiger partial charge in [0.05, 0.1) is 0 Å². The summed E-state index contributed by atoms with van der Waals surface area (Å²) in [7, 11) is -3.54. The van der Waals surface area contributed by atoms with E-state index in [-0.39, 0.29) is 10.7 Å². The first kappa shape index (κ1) is 16.0. The number of aromatic nitrogens is 2. The first-order valence-corrected chi connectivity index (χ1v) is 8.17. The number of sulfonamides is 1. The average molecular weight is 288 g/mol. The van der Waals surface area contributed by atoms with Crippen molar-refractivity contribution in [1.82, 2.24) is 14.5 Å². The number of hydrogen-bond donors (Lipinski definition) is 2. The van der Waals surface area contributed by atoms with Crippen molar-refractivity contribution in [3.63, 3.8) is 0 Å². The monoisotopic (exact) mass is 288 g/mol. The highest BCUT2D eigenvalue weighted by atomic mass is 32.2. The minimum Gasteiger partial charge on any atom is -0.381 e. The molecule has 1 heterocycles. The number of nitrogen functional groups attached to an aromatic ring is 1. The molecule has 110 valence electrons. The van der Waals surface area contributed by atoms with E-state index >= 15 is 0 Å². The fourth-order valence-corrected chi connectivity index (χ4v) is 2.91. The average Bonchev–Trinajstić information content (AvgIpc) is 2.67. The third-order valence-electron chi connectivity index (χ3n) is 2.75. The van der Waals surface area contributed by atoms with Crippen LogP contribution >= 0.6 is 0 Å². The minimum absolute atomic E-state index is 0.0600. The molecule has 1 rings (SSSR count). The molecule has 1 aromatic heterocycles. The SMILES string of the molecule is CCCn1cc(S(=O)(=O)NCCCC(C)C)c(N)n1. The zero-order valence-electron chi connectivity index (χ0n) is 11.9. The van der Waals surface area contributed by atoms with E-state index in [4.69, 9.17) is 5.73 Å². The molecule has 0 aromatic carbocycles. The van der Waals surface area contributed by atoms with Gasteiger partial charge in [0.25, 0.3) is 0 Å². The third kappa shape index (κ3) is 4.83. The highest BCUT2D eigenvalue weighted by Gasteiger charge is 2.20. The number of rotatable bonds is 8. The van der Waals surface area contributed by atoms with Gasteiger partial charge < -0.3 is 5.73 Å². The summed E-state index contributed by atoms with van der Waals surface area (Å²) in [4.78, 5) is 0.0745. The zero-order chi connectivity index (χ0) is 14.5. The lowest BCUT2D eigenvalue weighted by atomic mass is 10.1. The molecule has 0 unspecified atom stereocenters. The van der Waals surface area contributed by atoms with Crippen molar-refractivity contribution in [3.05, 3.63) is 6.20 Å². The summed E-state index contributed by atoms with van der Waals surface area (Å²) in [5.41, 5.74) is 5.66. The van der Waals surface area contributed by atoms with Crippen LogP contribution in [0.5, 0.6) is 0 Å². The van der Waals surface area contributed by atoms with Gasteiger partial charge in [-0.25, -0.2) is 13.1 Å². The van der Waals surface area contributed by atoms with Gasteiger partial charge in [0.1, 0.15) is 4.90 Å². The van der Waals surface area contributed by atoms with E-state index in [1.54, 1.807) is 4.68 Å². The van der Waals surface area contributed by atoms with Crippen LogP contribution < -0.4 is 10.5 Å². The Morgan fingerprint density at radius 2 is 2.16 bits per heavy atom. The Bertz CT molecular complexity index is 494. The van der Waals surface area contributed by atoms with Gasteiger partial charge in [-0.05, 0) is 25.2 Å². The highest BCUT2D eigenvalue weighted by Crippen LogP contribution is 2.16. The maximum Gasteiger partial charge on any atom is 0.245 e. The van der Waals surface area contributed by atoms with Crippen LogP contribution in [0.3, 0.4) is 0 Å². The second-order valence-corrected chi connectivity index (χ2v) is 6.81. The van der Waals surface area contributed by atoms with E-state index in [0.29, 0.717) is 19.0 Å². The predicted octanol–water partition coefficient (Wildman–Crippen LogP) is 1.59. The molecule has 0 aliphatic heterocycles. The van der Waals surface area contributed by atoms with Crippen LogP contribution in [0.2, 0.25) is 0 Å². The van der Waals surface area contributed by atoms with E-state index < -0.39 is 10.0 Å². The predicted molar refractivity (Wildman–Crippen MR) is 76.2 cm³/mol. The topological polar surface area (TPSA) is 90.0 Å². The summed E-state index contributed by atoms with van der Waals surface area (Å²) in [5.74, 6) is 0.631. The van der Waals surface area contributed by atoms with Gasteiger partial charge in [-0.15, -0.1) is 0 Å². The standard InChI is InChI=1S/C12H24N4O2S/c1-4-8-16-9-11(12(13)15-16)19(17,18)14-7-5-6-10(2)3/h9-10,14H,4-8H2,1-3H3,(H2,13,15). The van der Waals surface area contributed by atoms with E-state index in [2.05, 4.69) is 23.7 Å². The van der Waals surface area contributed by atoms with Crippen molar-refractivity contribution in [2.45, 2.75) is 51.5 Å². The summed E-state index contributed by atoms with van der Waals surface area (Å²) in [6, 6.07) is 0. The smallest absolute Gasteiger partial charge is 0.245 e. The van der Waals surface area contributed by atoms with Crippen molar-refractivity contribution in [2.75, 3.05) is 12.3 Å². The fraction of sp³-hybridized carbons (Fsp3) is 0.750. The Balaban J connectivity index is 2.66. The quantitative estimate of drug-likeness (QED) is 0.711. The second-order valence-electron chi connectivity index (χ2n) is 5.08. The summed E-state index contributed by atoms with van der Waals surface area (Å²) < 4.78 is 28.3. The van der Waals surface area contributed by atoms with Gasteiger partial charge in [0.2, 0.25) is 10.0 Å². The highest BCUT2D eigenvalue weighted by molar-refractivity contribution is 7.89. The zero-order valence-corrected chi connectivity index (χ0v) is 12.7. The lowest BCUT2D eigenvalue weighted by Gasteiger charge is -2.06. The maximum absolute atomic E-state index is 12.1. The van der Waals surface area contributed by atoms with Crippen molar-refractivity contribution in [2.24, 2.45) is 5.92 Å². The minimum atomic E-state index is -3.54. The number of nitrogens with one attached hydrogen (secondary N) is 1. The van der Waals surface area contributed by atoms with Crippen LogP contribution in [0.25, 0.3) is 0 Å². The Labute approximate surface area is 115 Å². The summed E-state index contributed by atoms with van der Waals surface area (Å²) >= 11 is 0. The van der Waals surface area contributed by atoms with Crippen LogP contribution in [0.1, 0.15) is 40.0 Å². The van der Waals surface area contributed by atoms with Crippen molar-refractivity contribution < 1.29 is 8.42 Å². The second kappa shape index (κ2) is 6.91. The van der Waals surface area contributed by atoms with Gasteiger partial charge in [-0.2, -0.15) is 5.10 Å². The summed E-state index contributed by atoms with van der Waals surface area (Å²) in [6.07, 6.45) is 4.18. The van der Waals surface area contributed by atoms with E-state index in [0.717, 1.165) is 19.3 Å². The molecule has 0 aliphatic rings. The Hall–Kier alpha value is -1.08. The van der Waals surface area contributed by atoms with E-state index in [9.17, 15) is 8.42 Å². The van der Waals surface area contributed by atoms with Gasteiger partial charge in [0.15, 0.2) is 5.82 Å². The van der Waals surface area contributed by atoms with Crippen LogP contribution in [0, 0.1) is 5.92 Å². The lowest BCUT2D eigenvalue weighted by Crippen LogP contribution is -2.25. The normalized spacial score (nSPS) is 12.2. The first-order chi connectivity index (χ1) is 8.86. The molecule has 0 fully saturated rings. The van der Waals surface area contributed by atoms with Gasteiger partial charge in [-0.1, -0.05) is 20.8 Å². The molecule has 0 atom stereocenters. The van der Waals surface area contributed by atoms with Gasteiger partial charge >= 0.3 is 0 Å². The largest absolute Gasteiger partial charge is 0.381 e. The molecule has 1 aromatic rings. The first-order valence-electron chi connectivity index (χ1n) is 6.69. The number of anilines is 1. The molecule has 0 saturated carbocycles. The maximum atomic E-state index is 12.1. The molecule has 0 amide bonds. The van der Waals surface area contributed by atoms with Crippen molar-refractivity contribution in [3.8, 4) is 0 Å². The Kier molecular flexibility index (Phi) is 5.81. The molecule has 0 aliphatic carbocycles.